The molecule has 0 aliphatic carbocycles. The first-order valence-corrected chi connectivity index (χ1v) is 6.08. The minimum Gasteiger partial charge on any atom is -0.444 e. The summed E-state index contributed by atoms with van der Waals surface area (Å²) >= 11 is 0. The molecule has 0 aliphatic rings. The molecule has 102 valence electrons. The summed E-state index contributed by atoms with van der Waals surface area (Å²) in [4.78, 5) is 11.3. The Morgan fingerprint density at radius 2 is 2.16 bits per heavy atom. The van der Waals surface area contributed by atoms with Crippen LogP contribution in [0.2, 0.25) is 0 Å². The number of rotatable bonds is 2. The maximum absolute atomic E-state index is 12.9. The third-order valence-electron chi connectivity index (χ3n) is 1.98. The van der Waals surface area contributed by atoms with Crippen LogP contribution < -0.4 is 5.32 Å². The lowest BCUT2D eigenvalue weighted by atomic mass is 10.2. The number of halogens is 1. The molecule has 1 aromatic rings. The molecule has 0 aromatic heterocycles. The van der Waals surface area contributed by atoms with Gasteiger partial charge in [0.25, 0.3) is 0 Å². The van der Waals surface area contributed by atoms with Gasteiger partial charge < -0.3 is 10.1 Å². The largest absolute Gasteiger partial charge is 0.444 e. The van der Waals surface area contributed by atoms with Crippen molar-refractivity contribution in [1.29, 1.82) is 0 Å². The van der Waals surface area contributed by atoms with Crippen molar-refractivity contribution in [2.24, 2.45) is 0 Å². The number of ether oxygens (including phenoxy) is 1. The number of hydrogen-bond acceptors (Lipinski definition) is 2. The average Bonchev–Trinajstić information content (AvgIpc) is 2.26. The summed E-state index contributed by atoms with van der Waals surface area (Å²) < 4.78 is 17.9. The minimum atomic E-state index is -0.503. The number of carbonyl (C=O) groups excluding carboxylic acids is 1. The van der Waals surface area contributed by atoms with Crippen LogP contribution in [0.25, 0.3) is 0 Å². The van der Waals surface area contributed by atoms with Crippen molar-refractivity contribution >= 4 is 6.09 Å². The fourth-order valence-corrected chi connectivity index (χ4v) is 1.27. The summed E-state index contributed by atoms with van der Waals surface area (Å²) in [5, 5.41) is 2.60. The molecule has 0 heterocycles. The molecule has 0 saturated heterocycles. The zero-order valence-corrected chi connectivity index (χ0v) is 11.4. The highest BCUT2D eigenvalue weighted by atomic mass is 19.1. The summed E-state index contributed by atoms with van der Waals surface area (Å²) in [5.41, 5.74) is 0.120. The van der Waals surface area contributed by atoms with E-state index in [9.17, 15) is 9.18 Å². The van der Waals surface area contributed by atoms with Gasteiger partial charge in [0, 0.05) is 18.5 Å². The Kier molecular flexibility index (Phi) is 5.37. The van der Waals surface area contributed by atoms with Gasteiger partial charge in [0.2, 0.25) is 0 Å². The van der Waals surface area contributed by atoms with Crippen molar-refractivity contribution in [2.45, 2.75) is 32.8 Å². The molecule has 0 atom stereocenters. The molecule has 19 heavy (non-hydrogen) atoms. The van der Waals surface area contributed by atoms with Gasteiger partial charge in [-0.3, -0.25) is 0 Å². The molecule has 0 fully saturated rings. The van der Waals surface area contributed by atoms with Crippen molar-refractivity contribution in [3.05, 3.63) is 35.6 Å². The predicted octanol–water partition coefficient (Wildman–Crippen LogP) is 3.09. The Bertz CT molecular complexity index is 495. The fourth-order valence-electron chi connectivity index (χ4n) is 1.27. The van der Waals surface area contributed by atoms with E-state index in [1.807, 2.05) is 0 Å². The molecule has 0 saturated carbocycles. The van der Waals surface area contributed by atoms with E-state index in [0.717, 1.165) is 0 Å². The van der Waals surface area contributed by atoms with E-state index in [1.54, 1.807) is 32.9 Å². The molecule has 0 bridgehead atoms. The Balaban J connectivity index is 2.30. The molecule has 3 nitrogen and oxygen atoms in total. The number of carbonyl (C=O) groups is 1. The zero-order chi connectivity index (χ0) is 14.3. The van der Waals surface area contributed by atoms with Crippen LogP contribution in [0.3, 0.4) is 0 Å². The molecule has 1 N–H and O–H groups in total. The van der Waals surface area contributed by atoms with E-state index in [0.29, 0.717) is 18.5 Å². The lowest BCUT2D eigenvalue weighted by Crippen LogP contribution is -2.32. The molecule has 1 aromatic carbocycles. The number of amides is 1. The predicted molar refractivity (Wildman–Crippen MR) is 72.1 cm³/mol. The van der Waals surface area contributed by atoms with Crippen molar-refractivity contribution in [3.63, 3.8) is 0 Å². The first kappa shape index (κ1) is 15.0. The van der Waals surface area contributed by atoms with Crippen LogP contribution in [0.4, 0.5) is 9.18 Å². The third-order valence-corrected chi connectivity index (χ3v) is 1.98. The summed E-state index contributed by atoms with van der Waals surface area (Å²) in [5.74, 6) is 5.38. The summed E-state index contributed by atoms with van der Waals surface area (Å²) in [6.07, 6.45) is 0.0236. The van der Waals surface area contributed by atoms with Crippen LogP contribution in [0.15, 0.2) is 24.3 Å². The number of nitrogens with one attached hydrogen (secondary N) is 1. The quantitative estimate of drug-likeness (QED) is 0.657. The maximum atomic E-state index is 12.9. The summed E-state index contributed by atoms with van der Waals surface area (Å²) in [6.45, 7) is 5.81. The van der Waals surface area contributed by atoms with Crippen LogP contribution in [0, 0.1) is 17.7 Å². The number of hydrogen-bond donors (Lipinski definition) is 1. The van der Waals surface area contributed by atoms with Crippen LogP contribution in [0.5, 0.6) is 0 Å². The smallest absolute Gasteiger partial charge is 0.407 e. The molecule has 0 unspecified atom stereocenters. The number of benzene rings is 1. The van der Waals surface area contributed by atoms with Gasteiger partial charge in [0.1, 0.15) is 11.4 Å². The second-order valence-corrected chi connectivity index (χ2v) is 4.99. The van der Waals surface area contributed by atoms with Gasteiger partial charge in [-0.25, -0.2) is 9.18 Å². The zero-order valence-electron chi connectivity index (χ0n) is 11.4. The van der Waals surface area contributed by atoms with Crippen molar-refractivity contribution in [1.82, 2.24) is 5.32 Å². The van der Waals surface area contributed by atoms with Gasteiger partial charge >= 0.3 is 6.09 Å². The highest BCUT2D eigenvalue weighted by molar-refractivity contribution is 5.67. The standard InChI is InChI=1S/C15H18FNO2/c1-15(2,3)19-14(18)17-10-5-4-7-12-8-6-9-13(16)11-12/h6,8-9,11H,5,10H2,1-3H3,(H,17,18). The minimum absolute atomic E-state index is 0.307. The van der Waals surface area contributed by atoms with Crippen LogP contribution in [-0.2, 0) is 4.74 Å². The Labute approximate surface area is 113 Å². The molecular formula is C15H18FNO2. The van der Waals surface area contributed by atoms with Crippen LogP contribution in [-0.4, -0.2) is 18.2 Å². The molecule has 0 radical (unpaired) electrons. The van der Waals surface area contributed by atoms with E-state index in [-0.39, 0.29) is 5.82 Å². The first-order chi connectivity index (χ1) is 8.87. The lowest BCUT2D eigenvalue weighted by Gasteiger charge is -2.19. The van der Waals surface area contributed by atoms with E-state index in [1.165, 1.54) is 12.1 Å². The Morgan fingerprint density at radius 3 is 2.79 bits per heavy atom. The molecule has 1 amide bonds. The molecule has 0 aliphatic heterocycles. The highest BCUT2D eigenvalue weighted by Crippen LogP contribution is 2.06. The van der Waals surface area contributed by atoms with Crippen LogP contribution >= 0.6 is 0 Å². The van der Waals surface area contributed by atoms with E-state index < -0.39 is 11.7 Å². The van der Waals surface area contributed by atoms with Gasteiger partial charge in [-0.1, -0.05) is 17.9 Å². The Morgan fingerprint density at radius 1 is 1.42 bits per heavy atom. The van der Waals surface area contributed by atoms with Crippen molar-refractivity contribution in [2.75, 3.05) is 6.54 Å². The third kappa shape index (κ3) is 7.10. The monoisotopic (exact) mass is 263 g/mol. The molecular weight excluding hydrogens is 245 g/mol. The van der Waals surface area contributed by atoms with E-state index >= 15 is 0 Å². The van der Waals surface area contributed by atoms with Crippen LogP contribution in [0.1, 0.15) is 32.8 Å². The normalized spacial score (nSPS) is 10.3. The van der Waals surface area contributed by atoms with Gasteiger partial charge in [0.05, 0.1) is 0 Å². The average molecular weight is 263 g/mol. The summed E-state index contributed by atoms with van der Waals surface area (Å²) in [7, 11) is 0. The SMILES string of the molecule is CC(C)(C)OC(=O)NCCC#Cc1cccc(F)c1. The fraction of sp³-hybridized carbons (Fsp3) is 0.400. The Hall–Kier alpha value is -2.02. The molecule has 1 rings (SSSR count). The topological polar surface area (TPSA) is 38.3 Å². The van der Waals surface area contributed by atoms with Gasteiger partial charge in [-0.05, 0) is 39.0 Å². The second-order valence-electron chi connectivity index (χ2n) is 4.99. The molecule has 0 spiro atoms. The summed E-state index contributed by atoms with van der Waals surface area (Å²) in [6, 6.07) is 6.08. The highest BCUT2D eigenvalue weighted by Gasteiger charge is 2.15. The van der Waals surface area contributed by atoms with Gasteiger partial charge in [-0.15, -0.1) is 0 Å². The van der Waals surface area contributed by atoms with Gasteiger partial charge in [-0.2, -0.15) is 0 Å². The lowest BCUT2D eigenvalue weighted by molar-refractivity contribution is 0.0529. The number of alkyl carbamates (subject to hydrolysis) is 1. The van der Waals surface area contributed by atoms with Gasteiger partial charge in [0.15, 0.2) is 0 Å². The van der Waals surface area contributed by atoms with Crippen molar-refractivity contribution in [3.8, 4) is 11.8 Å². The van der Waals surface area contributed by atoms with Crippen molar-refractivity contribution < 1.29 is 13.9 Å². The molecule has 4 heteroatoms. The first-order valence-electron chi connectivity index (χ1n) is 6.08. The maximum Gasteiger partial charge on any atom is 0.407 e. The second kappa shape index (κ2) is 6.79. The van der Waals surface area contributed by atoms with E-state index in [4.69, 9.17) is 4.74 Å². The van der Waals surface area contributed by atoms with E-state index in [2.05, 4.69) is 17.2 Å².